The third kappa shape index (κ3) is 2.29. The summed E-state index contributed by atoms with van der Waals surface area (Å²) in [5, 5.41) is 12.5. The average molecular weight is 256 g/mol. The maximum atomic E-state index is 11.9. The number of aromatic nitrogens is 4. The average Bonchev–Trinajstić information content (AvgIpc) is 2.85. The molecule has 0 amide bonds. The number of sulfonamides is 1. The molecule has 5 N–H and O–H groups in total. The predicted octanol–water partition coefficient (Wildman–Crippen LogP) is -0.498. The Morgan fingerprint density at radius 1 is 1.35 bits per heavy atom. The van der Waals surface area contributed by atoms with Crippen LogP contribution < -0.4 is 10.5 Å². The lowest BCUT2D eigenvalue weighted by Crippen LogP contribution is -2.23. The molecule has 2 heterocycles. The van der Waals surface area contributed by atoms with Crippen molar-refractivity contribution in [3.8, 4) is 0 Å². The smallest absolute Gasteiger partial charge is 0.244 e. The largest absolute Gasteiger partial charge is 0.384 e. The van der Waals surface area contributed by atoms with Crippen molar-refractivity contribution in [2.45, 2.75) is 18.4 Å². The van der Waals surface area contributed by atoms with Gasteiger partial charge in [-0.25, -0.2) is 13.1 Å². The van der Waals surface area contributed by atoms with Gasteiger partial charge in [-0.2, -0.15) is 10.2 Å². The Kier molecular flexibility index (Phi) is 2.86. The number of hydrogen-bond acceptors (Lipinski definition) is 5. The molecule has 9 heteroatoms. The standard InChI is InChI=1S/C8H12N6O2S/c1-5-7(4-11-13-5)17(15,16)12-3-6-2-10-14-8(6)9/h2,4,12H,3H2,1H3,(H,11,13)(H3,9,10,14). The predicted molar refractivity (Wildman–Crippen MR) is 60.4 cm³/mol. The van der Waals surface area contributed by atoms with Crippen molar-refractivity contribution in [3.05, 3.63) is 23.7 Å². The first-order valence-electron chi connectivity index (χ1n) is 4.78. The van der Waals surface area contributed by atoms with Gasteiger partial charge < -0.3 is 5.73 Å². The summed E-state index contributed by atoms with van der Waals surface area (Å²) in [7, 11) is -3.58. The lowest BCUT2D eigenvalue weighted by atomic mass is 10.3. The fourth-order valence-corrected chi connectivity index (χ4v) is 2.46. The Balaban J connectivity index is 2.15. The van der Waals surface area contributed by atoms with Crippen LogP contribution in [0.2, 0.25) is 0 Å². The van der Waals surface area contributed by atoms with Crippen LogP contribution in [0.4, 0.5) is 5.82 Å². The summed E-state index contributed by atoms with van der Waals surface area (Å²) in [6, 6.07) is 0. The molecule has 2 rings (SSSR count). The van der Waals surface area contributed by atoms with Gasteiger partial charge in [0.05, 0.1) is 18.1 Å². The molecule has 0 bridgehead atoms. The molecule has 0 saturated carbocycles. The molecule has 0 saturated heterocycles. The van der Waals surface area contributed by atoms with Crippen molar-refractivity contribution in [2.75, 3.05) is 5.73 Å². The lowest BCUT2D eigenvalue weighted by molar-refractivity contribution is 0.581. The monoisotopic (exact) mass is 256 g/mol. The van der Waals surface area contributed by atoms with Crippen LogP contribution in [0, 0.1) is 6.92 Å². The van der Waals surface area contributed by atoms with Crippen molar-refractivity contribution >= 4 is 15.8 Å². The van der Waals surface area contributed by atoms with Gasteiger partial charge in [-0.05, 0) is 6.92 Å². The fraction of sp³-hybridized carbons (Fsp3) is 0.250. The van der Waals surface area contributed by atoms with E-state index in [0.717, 1.165) is 0 Å². The molecular weight excluding hydrogens is 244 g/mol. The zero-order valence-electron chi connectivity index (χ0n) is 9.06. The second-order valence-corrected chi connectivity index (χ2v) is 5.23. The molecule has 0 fully saturated rings. The molecule has 92 valence electrons. The topological polar surface area (TPSA) is 130 Å². The van der Waals surface area contributed by atoms with Gasteiger partial charge in [-0.15, -0.1) is 0 Å². The molecule has 17 heavy (non-hydrogen) atoms. The maximum absolute atomic E-state index is 11.9. The number of rotatable bonds is 4. The van der Waals surface area contributed by atoms with Crippen molar-refractivity contribution in [1.82, 2.24) is 25.1 Å². The number of nitrogens with one attached hydrogen (secondary N) is 3. The van der Waals surface area contributed by atoms with E-state index in [9.17, 15) is 8.42 Å². The first kappa shape index (κ1) is 11.6. The van der Waals surface area contributed by atoms with Crippen molar-refractivity contribution in [3.63, 3.8) is 0 Å². The van der Waals surface area contributed by atoms with Gasteiger partial charge in [-0.3, -0.25) is 10.2 Å². The number of aromatic amines is 2. The fourth-order valence-electron chi connectivity index (χ4n) is 1.32. The molecule has 0 aliphatic rings. The summed E-state index contributed by atoms with van der Waals surface area (Å²) in [5.41, 5.74) is 6.62. The van der Waals surface area contributed by atoms with Crippen LogP contribution in [-0.2, 0) is 16.6 Å². The highest BCUT2D eigenvalue weighted by atomic mass is 32.2. The van der Waals surface area contributed by atoms with E-state index in [4.69, 9.17) is 5.73 Å². The number of nitrogens with two attached hydrogens (primary N) is 1. The Labute approximate surface area is 97.7 Å². The Hall–Kier alpha value is -1.87. The van der Waals surface area contributed by atoms with E-state index in [2.05, 4.69) is 25.1 Å². The van der Waals surface area contributed by atoms with Gasteiger partial charge >= 0.3 is 0 Å². The third-order valence-corrected chi connectivity index (χ3v) is 3.79. The van der Waals surface area contributed by atoms with E-state index < -0.39 is 10.0 Å². The summed E-state index contributed by atoms with van der Waals surface area (Å²) < 4.78 is 26.2. The molecule has 0 radical (unpaired) electrons. The van der Waals surface area contributed by atoms with Crippen LogP contribution in [0.15, 0.2) is 17.3 Å². The van der Waals surface area contributed by atoms with Crippen molar-refractivity contribution in [1.29, 1.82) is 0 Å². The Bertz CT molecular complexity index is 614. The van der Waals surface area contributed by atoms with E-state index in [-0.39, 0.29) is 11.4 Å². The zero-order valence-corrected chi connectivity index (χ0v) is 9.87. The van der Waals surface area contributed by atoms with Crippen molar-refractivity contribution < 1.29 is 8.42 Å². The minimum atomic E-state index is -3.58. The van der Waals surface area contributed by atoms with E-state index in [1.54, 1.807) is 6.92 Å². The molecule has 0 aliphatic carbocycles. The van der Waals surface area contributed by atoms with E-state index in [1.807, 2.05) is 0 Å². The zero-order chi connectivity index (χ0) is 12.5. The summed E-state index contributed by atoms with van der Waals surface area (Å²) >= 11 is 0. The molecule has 8 nitrogen and oxygen atoms in total. The summed E-state index contributed by atoms with van der Waals surface area (Å²) in [6.45, 7) is 1.71. The van der Waals surface area contributed by atoms with Gasteiger partial charge in [0, 0.05) is 12.1 Å². The van der Waals surface area contributed by atoms with Gasteiger partial charge in [0.2, 0.25) is 10.0 Å². The first-order chi connectivity index (χ1) is 8.00. The molecule has 0 aliphatic heterocycles. The molecule has 0 unspecified atom stereocenters. The highest BCUT2D eigenvalue weighted by molar-refractivity contribution is 7.89. The van der Waals surface area contributed by atoms with Crippen LogP contribution in [-0.4, -0.2) is 28.8 Å². The third-order valence-electron chi connectivity index (χ3n) is 2.28. The second-order valence-electron chi connectivity index (χ2n) is 3.49. The Morgan fingerprint density at radius 3 is 2.59 bits per heavy atom. The minimum Gasteiger partial charge on any atom is -0.384 e. The highest BCUT2D eigenvalue weighted by Gasteiger charge is 2.18. The van der Waals surface area contributed by atoms with Crippen LogP contribution in [0.5, 0.6) is 0 Å². The lowest BCUT2D eigenvalue weighted by Gasteiger charge is -2.04. The second kappa shape index (κ2) is 4.18. The van der Waals surface area contributed by atoms with Gasteiger partial charge in [-0.1, -0.05) is 0 Å². The minimum absolute atomic E-state index is 0.0787. The molecule has 0 aromatic carbocycles. The quantitative estimate of drug-likeness (QED) is 0.586. The van der Waals surface area contributed by atoms with Crippen LogP contribution >= 0.6 is 0 Å². The summed E-state index contributed by atoms with van der Waals surface area (Å²) in [6.07, 6.45) is 2.73. The number of aryl methyl sites for hydroxylation is 1. The maximum Gasteiger partial charge on any atom is 0.244 e. The molecule has 0 spiro atoms. The number of H-pyrrole nitrogens is 2. The van der Waals surface area contributed by atoms with E-state index in [1.165, 1.54) is 12.4 Å². The normalized spacial score (nSPS) is 11.8. The van der Waals surface area contributed by atoms with Gasteiger partial charge in [0.1, 0.15) is 10.7 Å². The molecule has 2 aromatic heterocycles. The number of nitrogen functional groups attached to an aromatic ring is 1. The van der Waals surface area contributed by atoms with Gasteiger partial charge in [0.25, 0.3) is 0 Å². The van der Waals surface area contributed by atoms with Crippen LogP contribution in [0.1, 0.15) is 11.3 Å². The van der Waals surface area contributed by atoms with Crippen molar-refractivity contribution in [2.24, 2.45) is 0 Å². The number of hydrogen-bond donors (Lipinski definition) is 4. The van der Waals surface area contributed by atoms with Crippen LogP contribution in [0.3, 0.4) is 0 Å². The van der Waals surface area contributed by atoms with E-state index >= 15 is 0 Å². The summed E-state index contributed by atoms with van der Waals surface area (Å²) in [5.74, 6) is 0.344. The Morgan fingerprint density at radius 2 is 2.06 bits per heavy atom. The molecular formula is C8H12N6O2S. The molecule has 2 aromatic rings. The van der Waals surface area contributed by atoms with Gasteiger partial charge in [0.15, 0.2) is 0 Å². The number of anilines is 1. The SMILES string of the molecule is Cc1[nH]ncc1S(=O)(=O)NCc1cn[nH]c1N. The molecule has 0 atom stereocenters. The highest BCUT2D eigenvalue weighted by Crippen LogP contribution is 2.12. The van der Waals surface area contributed by atoms with Crippen LogP contribution in [0.25, 0.3) is 0 Å². The first-order valence-corrected chi connectivity index (χ1v) is 6.26. The summed E-state index contributed by atoms with van der Waals surface area (Å²) in [4.78, 5) is 0.125. The number of nitrogens with zero attached hydrogens (tertiary/aromatic N) is 2. The van der Waals surface area contributed by atoms with E-state index in [0.29, 0.717) is 17.1 Å².